The zero-order valence-corrected chi connectivity index (χ0v) is 12.2. The summed E-state index contributed by atoms with van der Waals surface area (Å²) < 4.78 is 4.46. The number of ether oxygens (including phenoxy) is 1. The van der Waals surface area contributed by atoms with Gasteiger partial charge in [-0.2, -0.15) is 5.10 Å². The largest absolute Gasteiger partial charge is 0.452 e. The molecule has 0 saturated carbocycles. The number of nitrogens with one attached hydrogen (secondary N) is 1. The molecule has 0 radical (unpaired) electrons. The van der Waals surface area contributed by atoms with Crippen LogP contribution in [0.3, 0.4) is 0 Å². The normalized spacial score (nSPS) is 11.2. The number of hydrogen-bond acceptors (Lipinski definition) is 6. The van der Waals surface area contributed by atoms with Crippen LogP contribution in [-0.4, -0.2) is 28.9 Å². The van der Waals surface area contributed by atoms with Gasteiger partial charge in [0, 0.05) is 18.0 Å². The Morgan fingerprint density at radius 1 is 1.50 bits per heavy atom. The first-order valence-electron chi connectivity index (χ1n) is 5.88. The molecule has 0 atom stereocenters. The van der Waals surface area contributed by atoms with Crippen LogP contribution in [0.15, 0.2) is 29.6 Å². The number of amides is 1. The van der Waals surface area contributed by atoms with Crippen molar-refractivity contribution in [1.82, 2.24) is 15.4 Å². The molecule has 7 heteroatoms. The summed E-state index contributed by atoms with van der Waals surface area (Å²) in [7, 11) is 1.29. The summed E-state index contributed by atoms with van der Waals surface area (Å²) in [4.78, 5) is 20.5. The Kier molecular flexibility index (Phi) is 4.41. The zero-order valence-electron chi connectivity index (χ0n) is 11.4. The van der Waals surface area contributed by atoms with Gasteiger partial charge in [-0.1, -0.05) is 0 Å². The van der Waals surface area contributed by atoms with Gasteiger partial charge in [0.1, 0.15) is 5.01 Å². The van der Waals surface area contributed by atoms with E-state index < -0.39 is 6.09 Å². The van der Waals surface area contributed by atoms with Crippen LogP contribution in [-0.2, 0) is 4.74 Å². The fourth-order valence-corrected chi connectivity index (χ4v) is 2.57. The number of aromatic nitrogens is 2. The van der Waals surface area contributed by atoms with Crippen LogP contribution in [0.25, 0.3) is 10.6 Å². The maximum absolute atomic E-state index is 11.0. The molecule has 20 heavy (non-hydrogen) atoms. The van der Waals surface area contributed by atoms with E-state index in [1.54, 1.807) is 12.4 Å². The zero-order chi connectivity index (χ0) is 14.5. The van der Waals surface area contributed by atoms with Gasteiger partial charge in [0.25, 0.3) is 0 Å². The van der Waals surface area contributed by atoms with Crippen molar-refractivity contribution in [2.75, 3.05) is 7.11 Å². The molecule has 0 aromatic carbocycles. The number of thiazole rings is 1. The number of carbonyl (C=O) groups is 1. The number of hydrazone groups is 1. The lowest BCUT2D eigenvalue weighted by atomic mass is 10.3. The Morgan fingerprint density at radius 2 is 2.30 bits per heavy atom. The molecule has 0 unspecified atom stereocenters. The minimum Gasteiger partial charge on any atom is -0.452 e. The molecular formula is C13H14N4O2S. The van der Waals surface area contributed by atoms with E-state index in [-0.39, 0.29) is 0 Å². The Balaban J connectivity index is 2.26. The molecule has 1 amide bonds. The summed E-state index contributed by atoms with van der Waals surface area (Å²) in [6.45, 7) is 3.71. The van der Waals surface area contributed by atoms with Crippen molar-refractivity contribution in [2.24, 2.45) is 5.10 Å². The molecule has 104 valence electrons. The van der Waals surface area contributed by atoms with E-state index in [1.165, 1.54) is 18.4 Å². The molecule has 0 aliphatic carbocycles. The van der Waals surface area contributed by atoms with Crippen molar-refractivity contribution in [3.63, 3.8) is 0 Å². The van der Waals surface area contributed by atoms with Crippen LogP contribution in [0, 0.1) is 6.92 Å². The fraction of sp³-hybridized carbons (Fsp3) is 0.231. The van der Waals surface area contributed by atoms with Crippen molar-refractivity contribution in [2.45, 2.75) is 13.8 Å². The standard InChI is InChI=1S/C13H14N4O2S/c1-8-11(9(2)16-17-13(18)19-3)20-12(15-8)10-5-4-6-14-7-10/h4-7H,1-3H3,(H,17,18). The Labute approximate surface area is 120 Å². The van der Waals surface area contributed by atoms with Crippen LogP contribution in [0.5, 0.6) is 0 Å². The third kappa shape index (κ3) is 3.18. The number of methoxy groups -OCH3 is 1. The molecule has 6 nitrogen and oxygen atoms in total. The molecule has 0 aliphatic heterocycles. The fourth-order valence-electron chi connectivity index (χ4n) is 1.57. The lowest BCUT2D eigenvalue weighted by molar-refractivity contribution is 0.171. The predicted molar refractivity (Wildman–Crippen MR) is 77.8 cm³/mol. The van der Waals surface area contributed by atoms with Crippen LogP contribution in [0.1, 0.15) is 17.5 Å². The SMILES string of the molecule is COC(=O)NN=C(C)c1sc(-c2cccnc2)nc1C. The molecule has 0 saturated heterocycles. The van der Waals surface area contributed by atoms with Crippen LogP contribution < -0.4 is 5.43 Å². The molecule has 0 fully saturated rings. The van der Waals surface area contributed by atoms with Gasteiger partial charge in [-0.05, 0) is 26.0 Å². The Hall–Kier alpha value is -2.28. The molecule has 0 aliphatic rings. The smallest absolute Gasteiger partial charge is 0.427 e. The van der Waals surface area contributed by atoms with E-state index in [4.69, 9.17) is 0 Å². The molecule has 2 rings (SSSR count). The van der Waals surface area contributed by atoms with Gasteiger partial charge < -0.3 is 4.74 Å². The second-order valence-corrected chi connectivity index (χ2v) is 4.97. The summed E-state index contributed by atoms with van der Waals surface area (Å²) in [6.07, 6.45) is 2.89. The molecular weight excluding hydrogens is 276 g/mol. The van der Waals surface area contributed by atoms with E-state index in [9.17, 15) is 4.79 Å². The van der Waals surface area contributed by atoms with Crippen molar-refractivity contribution in [1.29, 1.82) is 0 Å². The topological polar surface area (TPSA) is 76.5 Å². The molecule has 0 bridgehead atoms. The Bertz CT molecular complexity index is 637. The highest BCUT2D eigenvalue weighted by Gasteiger charge is 2.12. The third-order valence-electron chi connectivity index (χ3n) is 2.53. The van der Waals surface area contributed by atoms with E-state index in [0.717, 1.165) is 21.1 Å². The van der Waals surface area contributed by atoms with E-state index in [1.807, 2.05) is 26.0 Å². The van der Waals surface area contributed by atoms with Gasteiger partial charge in [0.05, 0.1) is 23.4 Å². The van der Waals surface area contributed by atoms with Gasteiger partial charge in [-0.3, -0.25) is 4.98 Å². The van der Waals surface area contributed by atoms with Crippen molar-refractivity contribution >= 4 is 23.1 Å². The van der Waals surface area contributed by atoms with E-state index >= 15 is 0 Å². The van der Waals surface area contributed by atoms with Crippen LogP contribution >= 0.6 is 11.3 Å². The van der Waals surface area contributed by atoms with E-state index in [2.05, 4.69) is 25.2 Å². The maximum Gasteiger partial charge on any atom is 0.427 e. The van der Waals surface area contributed by atoms with Gasteiger partial charge in [-0.15, -0.1) is 11.3 Å². The lowest BCUT2D eigenvalue weighted by Gasteiger charge is -1.99. The first kappa shape index (κ1) is 14.1. The summed E-state index contributed by atoms with van der Waals surface area (Å²) in [5, 5.41) is 4.85. The average molecular weight is 290 g/mol. The molecule has 2 aromatic heterocycles. The number of rotatable bonds is 3. The van der Waals surface area contributed by atoms with Crippen LogP contribution in [0.2, 0.25) is 0 Å². The third-order valence-corrected chi connectivity index (χ3v) is 3.85. The minimum absolute atomic E-state index is 0.598. The van der Waals surface area contributed by atoms with Gasteiger partial charge in [0.15, 0.2) is 0 Å². The lowest BCUT2D eigenvalue weighted by Crippen LogP contribution is -2.18. The quantitative estimate of drug-likeness (QED) is 0.696. The number of hydrogen-bond donors (Lipinski definition) is 1. The summed E-state index contributed by atoms with van der Waals surface area (Å²) in [5.41, 5.74) is 4.80. The highest BCUT2D eigenvalue weighted by molar-refractivity contribution is 7.17. The predicted octanol–water partition coefficient (Wildman–Crippen LogP) is 2.59. The van der Waals surface area contributed by atoms with Gasteiger partial charge in [-0.25, -0.2) is 15.2 Å². The number of carbonyl (C=O) groups excluding carboxylic acids is 1. The van der Waals surface area contributed by atoms with Crippen molar-refractivity contribution in [3.05, 3.63) is 35.1 Å². The van der Waals surface area contributed by atoms with Gasteiger partial charge in [0.2, 0.25) is 0 Å². The molecule has 0 spiro atoms. The van der Waals surface area contributed by atoms with Crippen molar-refractivity contribution < 1.29 is 9.53 Å². The van der Waals surface area contributed by atoms with E-state index in [0.29, 0.717) is 5.71 Å². The van der Waals surface area contributed by atoms with Crippen LogP contribution in [0.4, 0.5) is 4.79 Å². The minimum atomic E-state index is -0.598. The number of nitrogens with zero attached hydrogens (tertiary/aromatic N) is 3. The summed E-state index contributed by atoms with van der Waals surface area (Å²) in [6, 6.07) is 3.82. The van der Waals surface area contributed by atoms with Gasteiger partial charge >= 0.3 is 6.09 Å². The molecule has 2 aromatic rings. The Morgan fingerprint density at radius 3 is 2.95 bits per heavy atom. The summed E-state index contributed by atoms with van der Waals surface area (Å²) >= 11 is 1.51. The monoisotopic (exact) mass is 290 g/mol. The summed E-state index contributed by atoms with van der Waals surface area (Å²) in [5.74, 6) is 0. The average Bonchev–Trinajstić information content (AvgIpc) is 2.87. The second-order valence-electron chi connectivity index (χ2n) is 3.98. The number of aryl methyl sites for hydroxylation is 1. The first-order chi connectivity index (χ1) is 9.61. The van der Waals surface area contributed by atoms with Crippen molar-refractivity contribution in [3.8, 4) is 10.6 Å². The maximum atomic E-state index is 11.0. The molecule has 1 N–H and O–H groups in total. The first-order valence-corrected chi connectivity index (χ1v) is 6.70. The highest BCUT2D eigenvalue weighted by Crippen LogP contribution is 2.27. The highest BCUT2D eigenvalue weighted by atomic mass is 32.1. The number of pyridine rings is 1. The molecule has 2 heterocycles. The second kappa shape index (κ2) is 6.25.